The normalized spacial score (nSPS) is 15.7. The average Bonchev–Trinajstić information content (AvgIpc) is 2.84. The fourth-order valence-electron chi connectivity index (χ4n) is 3.65. The lowest BCUT2D eigenvalue weighted by atomic mass is 9.97. The third-order valence-corrected chi connectivity index (χ3v) is 5.15. The Kier molecular flexibility index (Phi) is 5.99. The molecule has 1 aliphatic heterocycles. The van der Waals surface area contributed by atoms with Gasteiger partial charge in [0, 0.05) is 30.1 Å². The molecule has 1 saturated heterocycles. The van der Waals surface area contributed by atoms with Gasteiger partial charge < -0.3 is 9.64 Å². The summed E-state index contributed by atoms with van der Waals surface area (Å²) in [5.41, 5.74) is 1.40. The highest BCUT2D eigenvalue weighted by atomic mass is 16.5. The lowest BCUT2D eigenvalue weighted by molar-refractivity contribution is 0.0524. The number of rotatable bonds is 5. The maximum absolute atomic E-state index is 13.3. The zero-order valence-electron chi connectivity index (χ0n) is 16.8. The Labute approximate surface area is 179 Å². The van der Waals surface area contributed by atoms with Gasteiger partial charge in [0.15, 0.2) is 5.78 Å². The molecular formula is C24H20N4O3. The molecule has 0 spiro atoms. The molecule has 0 radical (unpaired) electrons. The molecule has 1 atom stereocenters. The van der Waals surface area contributed by atoms with Gasteiger partial charge in [-0.3, -0.25) is 9.59 Å². The quantitative estimate of drug-likeness (QED) is 0.597. The number of hydrogen-bond donors (Lipinski definition) is 0. The van der Waals surface area contributed by atoms with Crippen molar-refractivity contribution in [2.75, 3.05) is 13.1 Å². The second-order valence-electron chi connectivity index (χ2n) is 7.20. The number of benzene rings is 2. The van der Waals surface area contributed by atoms with Crippen molar-refractivity contribution in [2.24, 2.45) is 0 Å². The minimum atomic E-state index is -0.307. The summed E-state index contributed by atoms with van der Waals surface area (Å²) in [5, 5.41) is 9.18. The highest BCUT2D eigenvalue weighted by Crippen LogP contribution is 2.22. The van der Waals surface area contributed by atoms with E-state index in [1.165, 1.54) is 12.4 Å². The molecule has 0 N–H and O–H groups in total. The summed E-state index contributed by atoms with van der Waals surface area (Å²) in [6.07, 6.45) is 4.07. The summed E-state index contributed by atoms with van der Waals surface area (Å²) in [6, 6.07) is 17.8. The van der Waals surface area contributed by atoms with Crippen LogP contribution in [0.5, 0.6) is 5.88 Å². The zero-order valence-corrected chi connectivity index (χ0v) is 16.8. The molecule has 2 heterocycles. The van der Waals surface area contributed by atoms with Gasteiger partial charge >= 0.3 is 0 Å². The Hall–Kier alpha value is -4.05. The summed E-state index contributed by atoms with van der Waals surface area (Å²) < 4.78 is 5.88. The molecule has 1 amide bonds. The Morgan fingerprint density at radius 3 is 2.48 bits per heavy atom. The Balaban J connectivity index is 1.54. The van der Waals surface area contributed by atoms with Crippen molar-refractivity contribution in [1.82, 2.24) is 14.9 Å². The van der Waals surface area contributed by atoms with Crippen LogP contribution in [0, 0.1) is 11.3 Å². The Morgan fingerprint density at radius 2 is 1.71 bits per heavy atom. The number of piperidine rings is 1. The maximum atomic E-state index is 13.3. The summed E-state index contributed by atoms with van der Waals surface area (Å²) in [7, 11) is 0. The predicted octanol–water partition coefficient (Wildman–Crippen LogP) is 3.26. The van der Waals surface area contributed by atoms with Crippen LogP contribution < -0.4 is 4.74 Å². The van der Waals surface area contributed by atoms with Crippen molar-refractivity contribution < 1.29 is 14.3 Å². The number of nitriles is 1. The monoisotopic (exact) mass is 412 g/mol. The van der Waals surface area contributed by atoms with Gasteiger partial charge in [-0.2, -0.15) is 5.26 Å². The fourth-order valence-corrected chi connectivity index (χ4v) is 3.65. The van der Waals surface area contributed by atoms with Crippen molar-refractivity contribution in [3.05, 3.63) is 89.4 Å². The molecular weight excluding hydrogens is 392 g/mol. The van der Waals surface area contributed by atoms with Crippen LogP contribution in [-0.2, 0) is 0 Å². The number of carbonyl (C=O) groups is 2. The minimum absolute atomic E-state index is 0.116. The molecule has 4 rings (SSSR count). The number of aromatic nitrogens is 2. The molecule has 31 heavy (non-hydrogen) atoms. The Bertz CT molecular complexity index is 1140. The van der Waals surface area contributed by atoms with Crippen LogP contribution in [0.2, 0.25) is 0 Å². The minimum Gasteiger partial charge on any atom is -0.470 e. The third-order valence-electron chi connectivity index (χ3n) is 5.15. The molecule has 0 saturated carbocycles. The first-order valence-electron chi connectivity index (χ1n) is 10.0. The lowest BCUT2D eigenvalue weighted by Gasteiger charge is -2.33. The van der Waals surface area contributed by atoms with E-state index in [0.29, 0.717) is 29.8 Å². The van der Waals surface area contributed by atoms with Crippen molar-refractivity contribution in [2.45, 2.75) is 18.9 Å². The number of nitrogens with zero attached hydrogens (tertiary/aromatic N) is 4. The van der Waals surface area contributed by atoms with Crippen LogP contribution in [-0.4, -0.2) is 45.8 Å². The van der Waals surface area contributed by atoms with Gasteiger partial charge in [0.2, 0.25) is 5.69 Å². The standard InChI is InChI=1S/C24H20N4O3/c25-15-21-23(27-13-12-26-21)31-18-9-6-14-28(16-18)24(30)20-11-5-4-10-19(20)22(29)17-7-2-1-3-8-17/h1-5,7-8,10-13,18H,6,9,14,16H2. The number of ketones is 1. The van der Waals surface area contributed by atoms with E-state index >= 15 is 0 Å². The molecule has 3 aromatic rings. The SMILES string of the molecule is N#Cc1nccnc1OC1CCCN(C(=O)c2ccccc2C(=O)c2ccccc2)C1. The van der Waals surface area contributed by atoms with Crippen molar-refractivity contribution in [3.8, 4) is 11.9 Å². The number of likely N-dealkylation sites (tertiary alicyclic amines) is 1. The van der Waals surface area contributed by atoms with E-state index in [1.54, 1.807) is 53.4 Å². The number of hydrogen-bond acceptors (Lipinski definition) is 6. The van der Waals surface area contributed by atoms with E-state index in [9.17, 15) is 14.9 Å². The van der Waals surface area contributed by atoms with Crippen LogP contribution in [0.1, 0.15) is 44.8 Å². The van der Waals surface area contributed by atoms with E-state index in [-0.39, 0.29) is 29.4 Å². The fraction of sp³-hybridized carbons (Fsp3) is 0.208. The third kappa shape index (κ3) is 4.43. The van der Waals surface area contributed by atoms with Crippen LogP contribution >= 0.6 is 0 Å². The van der Waals surface area contributed by atoms with E-state index in [4.69, 9.17) is 4.74 Å². The smallest absolute Gasteiger partial charge is 0.254 e. The van der Waals surface area contributed by atoms with Gasteiger partial charge in [-0.15, -0.1) is 0 Å². The predicted molar refractivity (Wildman–Crippen MR) is 113 cm³/mol. The van der Waals surface area contributed by atoms with Gasteiger partial charge in [-0.25, -0.2) is 9.97 Å². The van der Waals surface area contributed by atoms with Gasteiger partial charge in [0.1, 0.15) is 12.2 Å². The number of amides is 1. The summed E-state index contributed by atoms with van der Waals surface area (Å²) in [5.74, 6) is -0.232. The molecule has 7 heteroatoms. The molecule has 0 aliphatic carbocycles. The zero-order chi connectivity index (χ0) is 21.6. The number of ether oxygens (including phenoxy) is 1. The first kappa shape index (κ1) is 20.2. The van der Waals surface area contributed by atoms with E-state index in [0.717, 1.165) is 12.8 Å². The number of carbonyl (C=O) groups excluding carboxylic acids is 2. The molecule has 1 fully saturated rings. The molecule has 1 aliphatic rings. The summed E-state index contributed by atoms with van der Waals surface area (Å²) in [6.45, 7) is 0.909. The molecule has 154 valence electrons. The van der Waals surface area contributed by atoms with Crippen molar-refractivity contribution in [3.63, 3.8) is 0 Å². The van der Waals surface area contributed by atoms with Crippen molar-refractivity contribution >= 4 is 11.7 Å². The first-order valence-corrected chi connectivity index (χ1v) is 10.0. The van der Waals surface area contributed by atoms with Gasteiger partial charge in [-0.1, -0.05) is 48.5 Å². The Morgan fingerprint density at radius 1 is 1.00 bits per heavy atom. The highest BCUT2D eigenvalue weighted by Gasteiger charge is 2.29. The highest BCUT2D eigenvalue weighted by molar-refractivity contribution is 6.15. The van der Waals surface area contributed by atoms with Gasteiger partial charge in [0.05, 0.1) is 12.1 Å². The topological polar surface area (TPSA) is 96.2 Å². The lowest BCUT2D eigenvalue weighted by Crippen LogP contribution is -2.45. The summed E-state index contributed by atoms with van der Waals surface area (Å²) >= 11 is 0. The second-order valence-corrected chi connectivity index (χ2v) is 7.20. The van der Waals surface area contributed by atoms with E-state index in [2.05, 4.69) is 9.97 Å². The van der Waals surface area contributed by atoms with E-state index in [1.807, 2.05) is 12.1 Å². The van der Waals surface area contributed by atoms with Crippen LogP contribution in [0.15, 0.2) is 67.0 Å². The van der Waals surface area contributed by atoms with Crippen LogP contribution in [0.4, 0.5) is 0 Å². The van der Waals surface area contributed by atoms with E-state index < -0.39 is 0 Å². The molecule has 0 bridgehead atoms. The average molecular weight is 412 g/mol. The van der Waals surface area contributed by atoms with Crippen molar-refractivity contribution in [1.29, 1.82) is 5.26 Å². The largest absolute Gasteiger partial charge is 0.470 e. The first-order chi connectivity index (χ1) is 15.2. The van der Waals surface area contributed by atoms with Gasteiger partial charge in [0.25, 0.3) is 11.8 Å². The van der Waals surface area contributed by atoms with Crippen LogP contribution in [0.25, 0.3) is 0 Å². The molecule has 2 aromatic carbocycles. The van der Waals surface area contributed by atoms with Crippen LogP contribution in [0.3, 0.4) is 0 Å². The molecule has 7 nitrogen and oxygen atoms in total. The van der Waals surface area contributed by atoms with Gasteiger partial charge in [-0.05, 0) is 18.9 Å². The molecule has 1 aromatic heterocycles. The summed E-state index contributed by atoms with van der Waals surface area (Å²) in [4.78, 5) is 36.0. The molecule has 1 unspecified atom stereocenters. The maximum Gasteiger partial charge on any atom is 0.254 e. The second kappa shape index (κ2) is 9.18.